The molecule has 0 bridgehead atoms. The number of esters is 1. The Kier molecular flexibility index (Phi) is 5.53. The smallest absolute Gasteiger partial charge is 0.548 e. The summed E-state index contributed by atoms with van der Waals surface area (Å²) in [7, 11) is -4.04. The van der Waals surface area contributed by atoms with Crippen molar-refractivity contribution in [1.82, 2.24) is 19.9 Å². The zero-order valence-corrected chi connectivity index (χ0v) is 17.2. The average molecular weight is 394 g/mol. The number of aliphatic carboxylic acids is 1. The minimum absolute atomic E-state index is 0. The molecule has 1 aromatic rings. The molecule has 0 saturated carbocycles. The summed E-state index contributed by atoms with van der Waals surface area (Å²) in [4.78, 5) is 36.0. The zero-order chi connectivity index (χ0) is 18.6. The number of carboxylic acid groups (broad SMARTS) is 1. The van der Waals surface area contributed by atoms with E-state index in [1.165, 1.54) is 6.92 Å². The number of hydrogen-bond donors (Lipinski definition) is 0. The fraction of sp³-hybridized carbons (Fsp3) is 0.615. The van der Waals surface area contributed by atoms with Gasteiger partial charge in [0.15, 0.2) is 15.5 Å². The minimum Gasteiger partial charge on any atom is -0.548 e. The third kappa shape index (κ3) is 2.75. The van der Waals surface area contributed by atoms with Crippen LogP contribution in [0.15, 0.2) is 6.20 Å². The van der Waals surface area contributed by atoms with Gasteiger partial charge in [0.25, 0.3) is 0 Å². The van der Waals surface area contributed by atoms with Gasteiger partial charge in [0.1, 0.15) is 10.1 Å². The molecule has 3 rings (SSSR count). The third-order valence-corrected chi connectivity index (χ3v) is 7.36. The number of carboxylic acids is 1. The predicted molar refractivity (Wildman–Crippen MR) is 77.3 cm³/mol. The first-order valence-corrected chi connectivity index (χ1v) is 9.01. The van der Waals surface area contributed by atoms with Crippen molar-refractivity contribution < 1.29 is 62.2 Å². The van der Waals surface area contributed by atoms with E-state index in [0.29, 0.717) is 0 Å². The number of hydrogen-bond acceptors (Lipinski definition) is 9. The van der Waals surface area contributed by atoms with Crippen LogP contribution in [-0.4, -0.2) is 68.9 Å². The van der Waals surface area contributed by atoms with E-state index in [1.807, 2.05) is 0 Å². The summed E-state index contributed by atoms with van der Waals surface area (Å²) in [5, 5.41) is 17.6. The monoisotopic (exact) mass is 394 g/mol. The van der Waals surface area contributed by atoms with Crippen molar-refractivity contribution in [1.29, 1.82) is 0 Å². The van der Waals surface area contributed by atoms with E-state index in [1.54, 1.807) is 6.92 Å². The topological polar surface area (TPSA) is 152 Å². The fourth-order valence-electron chi connectivity index (χ4n) is 3.31. The van der Waals surface area contributed by atoms with Crippen molar-refractivity contribution >= 4 is 27.7 Å². The normalized spacial score (nSPS) is 28.7. The van der Waals surface area contributed by atoms with Gasteiger partial charge in [0.2, 0.25) is 5.91 Å². The number of amides is 1. The summed E-state index contributed by atoms with van der Waals surface area (Å²) >= 11 is 0. The molecule has 0 aromatic carbocycles. The Hall–Kier alpha value is -1.50. The van der Waals surface area contributed by atoms with Crippen LogP contribution in [-0.2, 0) is 30.7 Å². The second kappa shape index (κ2) is 6.91. The molecule has 2 aliphatic heterocycles. The summed E-state index contributed by atoms with van der Waals surface area (Å²) in [5.41, 5.74) is -0.115. The summed E-state index contributed by atoms with van der Waals surface area (Å²) in [6, 6.07) is -1.68. The van der Waals surface area contributed by atoms with Gasteiger partial charge in [-0.3, -0.25) is 4.79 Å². The van der Waals surface area contributed by atoms with Crippen molar-refractivity contribution in [2.75, 3.05) is 6.61 Å². The number of sulfone groups is 1. The van der Waals surface area contributed by atoms with E-state index in [2.05, 4.69) is 10.3 Å². The van der Waals surface area contributed by atoms with E-state index in [-0.39, 0.29) is 48.3 Å². The molecule has 0 spiro atoms. The Morgan fingerprint density at radius 1 is 1.46 bits per heavy atom. The van der Waals surface area contributed by atoms with Crippen LogP contribution >= 0.6 is 0 Å². The molecule has 0 radical (unpaired) electrons. The van der Waals surface area contributed by atoms with Gasteiger partial charge < -0.3 is 19.5 Å². The van der Waals surface area contributed by atoms with Crippen LogP contribution in [0, 0.1) is 0 Å². The maximum absolute atomic E-state index is 12.8. The van der Waals surface area contributed by atoms with Crippen LogP contribution in [0.25, 0.3) is 0 Å². The van der Waals surface area contributed by atoms with E-state index in [9.17, 15) is 27.9 Å². The quantitative estimate of drug-likeness (QED) is 0.270. The van der Waals surface area contributed by atoms with Crippen LogP contribution in [0.1, 0.15) is 30.8 Å². The standard InChI is InChI=1S/C13H16N4O7S.Na/c1-3-24-12(21)7-5-14-15-16(7)6-13(2)10(11(19)20)17-8(18)4-9(17)25(13,22)23;/h5,9-10H,3-4,6H2,1-2H3,(H,19,20);/q;+1/p-1/t9-,10-,13-;/m0./s1. The number of carbonyl (C=O) groups excluding carboxylic acids is 3. The molecule has 0 unspecified atom stereocenters. The van der Waals surface area contributed by atoms with Crippen LogP contribution in [0.3, 0.4) is 0 Å². The Morgan fingerprint density at radius 2 is 2.12 bits per heavy atom. The molecule has 13 heteroatoms. The maximum atomic E-state index is 12.8. The van der Waals surface area contributed by atoms with E-state index >= 15 is 0 Å². The predicted octanol–water partition coefficient (Wildman–Crippen LogP) is -5.68. The van der Waals surface area contributed by atoms with E-state index in [0.717, 1.165) is 15.8 Å². The molecule has 0 N–H and O–H groups in total. The number of aromatic nitrogens is 3. The van der Waals surface area contributed by atoms with Crippen molar-refractivity contribution in [3.63, 3.8) is 0 Å². The molecule has 0 aliphatic carbocycles. The second-order valence-corrected chi connectivity index (χ2v) is 8.60. The van der Waals surface area contributed by atoms with Crippen molar-refractivity contribution in [2.24, 2.45) is 0 Å². The molecule has 136 valence electrons. The van der Waals surface area contributed by atoms with Gasteiger partial charge in [-0.05, 0) is 13.8 Å². The molecule has 11 nitrogen and oxygen atoms in total. The maximum Gasteiger partial charge on any atom is 1.00 e. The number of fused-ring (bicyclic) bond motifs is 1. The van der Waals surface area contributed by atoms with Gasteiger partial charge in [-0.1, -0.05) is 5.21 Å². The van der Waals surface area contributed by atoms with E-state index < -0.39 is 50.4 Å². The van der Waals surface area contributed by atoms with Gasteiger partial charge in [-0.2, -0.15) is 0 Å². The largest absolute Gasteiger partial charge is 1.00 e. The van der Waals surface area contributed by atoms with E-state index in [4.69, 9.17) is 4.74 Å². The number of nitrogens with zero attached hydrogens (tertiary/aromatic N) is 4. The van der Waals surface area contributed by atoms with Gasteiger partial charge in [0.05, 0.1) is 37.8 Å². The van der Waals surface area contributed by atoms with Crippen molar-refractivity contribution in [2.45, 2.75) is 43.0 Å². The molecule has 1 amide bonds. The number of carbonyl (C=O) groups is 3. The molecular weight excluding hydrogens is 379 g/mol. The minimum atomic E-state index is -4.04. The summed E-state index contributed by atoms with van der Waals surface area (Å²) in [6.45, 7) is 2.40. The Morgan fingerprint density at radius 3 is 2.65 bits per heavy atom. The van der Waals surface area contributed by atoms with Gasteiger partial charge in [0, 0.05) is 0 Å². The van der Waals surface area contributed by atoms with Gasteiger partial charge in [-0.25, -0.2) is 17.9 Å². The Bertz CT molecular complexity index is 870. The molecule has 2 fully saturated rings. The van der Waals surface area contributed by atoms with Crippen molar-refractivity contribution in [3.05, 3.63) is 11.9 Å². The number of rotatable bonds is 5. The van der Waals surface area contributed by atoms with Crippen LogP contribution in [0.5, 0.6) is 0 Å². The van der Waals surface area contributed by atoms with Gasteiger partial charge >= 0.3 is 35.5 Å². The van der Waals surface area contributed by atoms with Crippen molar-refractivity contribution in [3.8, 4) is 0 Å². The van der Waals surface area contributed by atoms with Crippen LogP contribution in [0.4, 0.5) is 0 Å². The second-order valence-electron chi connectivity index (χ2n) is 6.04. The molecule has 1 aromatic heterocycles. The summed E-state index contributed by atoms with van der Waals surface area (Å²) in [5.74, 6) is -3.02. The SMILES string of the molecule is CCOC(=O)c1cnnn1C[C@@]1(C)[C@H](C(=O)[O-])N2C(=O)C[C@@H]2S1(=O)=O.[Na+]. The molecule has 26 heavy (non-hydrogen) atoms. The molecule has 3 atom stereocenters. The average Bonchev–Trinajstić information content (AvgIpc) is 3.01. The third-order valence-electron chi connectivity index (χ3n) is 4.60. The molecule has 3 heterocycles. The Balaban J connectivity index is 0.00000243. The first-order chi connectivity index (χ1) is 11.6. The van der Waals surface area contributed by atoms with Gasteiger partial charge in [-0.15, -0.1) is 5.10 Å². The van der Waals surface area contributed by atoms with Crippen LogP contribution in [0.2, 0.25) is 0 Å². The van der Waals surface area contributed by atoms with Crippen LogP contribution < -0.4 is 34.7 Å². The first kappa shape index (κ1) is 20.8. The number of β-lactam (4-membered cyclic amide) rings is 1. The Labute approximate surface area is 170 Å². The molecule has 2 saturated heterocycles. The summed E-state index contributed by atoms with van der Waals surface area (Å²) < 4.78 is 29.5. The zero-order valence-electron chi connectivity index (χ0n) is 14.4. The summed E-state index contributed by atoms with van der Waals surface area (Å²) in [6.07, 6.45) is 0.820. The fourth-order valence-corrected chi connectivity index (χ4v) is 5.65. The number of ether oxygens (including phenoxy) is 1. The molecular formula is C13H15N4NaO7S. The first-order valence-electron chi connectivity index (χ1n) is 7.46. The molecule has 2 aliphatic rings.